The fourth-order valence-corrected chi connectivity index (χ4v) is 1.73. The Bertz CT molecular complexity index is 599. The van der Waals surface area contributed by atoms with Crippen molar-refractivity contribution in [3.63, 3.8) is 0 Å². The average molecular weight is 258 g/mol. The highest BCUT2D eigenvalue weighted by Gasteiger charge is 2.11. The number of amides is 2. The zero-order chi connectivity index (χ0) is 13.8. The molecule has 3 N–H and O–H groups in total. The van der Waals surface area contributed by atoms with Crippen molar-refractivity contribution < 1.29 is 14.0 Å². The largest absolute Gasteiger partial charge is 0.469 e. The third kappa shape index (κ3) is 3.22. The summed E-state index contributed by atoms with van der Waals surface area (Å²) in [6.45, 7) is 1.73. The smallest absolute Gasteiger partial charge is 0.259 e. The van der Waals surface area contributed by atoms with Gasteiger partial charge in [0, 0.05) is 5.69 Å². The van der Waals surface area contributed by atoms with Gasteiger partial charge in [-0.25, -0.2) is 0 Å². The summed E-state index contributed by atoms with van der Waals surface area (Å²) >= 11 is 0. The fourth-order valence-electron chi connectivity index (χ4n) is 1.73. The van der Waals surface area contributed by atoms with E-state index in [1.165, 1.54) is 6.26 Å². The lowest BCUT2D eigenvalue weighted by molar-refractivity contribution is -0.117. The molecule has 1 aromatic carbocycles. The standard InChI is InChI=1S/C14H14N2O3/c1-9-12(6-7-19-9)14(18)16-11-4-2-10(3-5-11)8-13(15)17/h2-7H,8H2,1H3,(H2,15,17)(H,16,18). The number of nitrogens with one attached hydrogen (secondary N) is 1. The van der Waals surface area contributed by atoms with E-state index in [0.717, 1.165) is 5.56 Å². The minimum Gasteiger partial charge on any atom is -0.469 e. The Morgan fingerprint density at radius 1 is 1.21 bits per heavy atom. The zero-order valence-corrected chi connectivity index (χ0v) is 10.5. The maximum absolute atomic E-state index is 11.9. The van der Waals surface area contributed by atoms with Crippen LogP contribution in [0, 0.1) is 6.92 Å². The molecule has 98 valence electrons. The first-order valence-corrected chi connectivity index (χ1v) is 5.79. The molecule has 0 spiro atoms. The van der Waals surface area contributed by atoms with Gasteiger partial charge in [0.15, 0.2) is 0 Å². The minimum absolute atomic E-state index is 0.190. The lowest BCUT2D eigenvalue weighted by Gasteiger charge is -2.05. The number of hydrogen-bond acceptors (Lipinski definition) is 3. The van der Waals surface area contributed by atoms with Crippen molar-refractivity contribution in [3.8, 4) is 0 Å². The van der Waals surface area contributed by atoms with E-state index in [-0.39, 0.29) is 18.2 Å². The Labute approximate surface area is 110 Å². The van der Waals surface area contributed by atoms with Crippen LogP contribution in [0.5, 0.6) is 0 Å². The molecule has 0 aliphatic carbocycles. The van der Waals surface area contributed by atoms with Crippen LogP contribution in [0.2, 0.25) is 0 Å². The topological polar surface area (TPSA) is 85.3 Å². The second kappa shape index (κ2) is 5.39. The number of carbonyl (C=O) groups is 2. The normalized spacial score (nSPS) is 10.2. The fraction of sp³-hybridized carbons (Fsp3) is 0.143. The molecule has 0 saturated heterocycles. The van der Waals surface area contributed by atoms with E-state index in [4.69, 9.17) is 10.2 Å². The van der Waals surface area contributed by atoms with Gasteiger partial charge in [0.25, 0.3) is 5.91 Å². The highest BCUT2D eigenvalue weighted by molar-refractivity contribution is 6.04. The molecule has 2 aromatic rings. The van der Waals surface area contributed by atoms with Gasteiger partial charge in [-0.1, -0.05) is 12.1 Å². The highest BCUT2D eigenvalue weighted by Crippen LogP contribution is 2.14. The Morgan fingerprint density at radius 2 is 1.89 bits per heavy atom. The number of primary amides is 1. The van der Waals surface area contributed by atoms with E-state index in [1.807, 2.05) is 0 Å². The molecule has 0 aliphatic heterocycles. The minimum atomic E-state index is -0.384. The molecule has 1 heterocycles. The van der Waals surface area contributed by atoms with Crippen LogP contribution in [-0.2, 0) is 11.2 Å². The van der Waals surface area contributed by atoms with Gasteiger partial charge in [-0.05, 0) is 30.7 Å². The Hall–Kier alpha value is -2.56. The number of anilines is 1. The third-order valence-electron chi connectivity index (χ3n) is 2.69. The molecule has 0 saturated carbocycles. The summed E-state index contributed by atoms with van der Waals surface area (Å²) in [6, 6.07) is 8.58. The van der Waals surface area contributed by atoms with Crippen molar-refractivity contribution in [1.82, 2.24) is 0 Å². The number of nitrogens with two attached hydrogens (primary N) is 1. The SMILES string of the molecule is Cc1occc1C(=O)Nc1ccc(CC(N)=O)cc1. The Balaban J connectivity index is 2.06. The lowest BCUT2D eigenvalue weighted by Crippen LogP contribution is -2.14. The van der Waals surface area contributed by atoms with Crippen molar-refractivity contribution >= 4 is 17.5 Å². The predicted molar refractivity (Wildman–Crippen MR) is 70.7 cm³/mol. The third-order valence-corrected chi connectivity index (χ3v) is 2.69. The monoisotopic (exact) mass is 258 g/mol. The van der Waals surface area contributed by atoms with Crippen LogP contribution < -0.4 is 11.1 Å². The van der Waals surface area contributed by atoms with Crippen LogP contribution in [0.3, 0.4) is 0 Å². The van der Waals surface area contributed by atoms with Crippen LogP contribution in [0.25, 0.3) is 0 Å². The van der Waals surface area contributed by atoms with Gasteiger partial charge in [0.2, 0.25) is 5.91 Å². The van der Waals surface area contributed by atoms with Crippen molar-refractivity contribution in [2.45, 2.75) is 13.3 Å². The number of furan rings is 1. The molecule has 0 bridgehead atoms. The average Bonchev–Trinajstić information content (AvgIpc) is 2.77. The first-order chi connectivity index (χ1) is 9.06. The van der Waals surface area contributed by atoms with Gasteiger partial charge in [0.05, 0.1) is 18.2 Å². The van der Waals surface area contributed by atoms with Crippen LogP contribution >= 0.6 is 0 Å². The number of benzene rings is 1. The maximum Gasteiger partial charge on any atom is 0.259 e. The quantitative estimate of drug-likeness (QED) is 0.877. The number of hydrogen-bond donors (Lipinski definition) is 2. The molecule has 2 rings (SSSR count). The van der Waals surface area contributed by atoms with Crippen LogP contribution in [0.4, 0.5) is 5.69 Å². The van der Waals surface area contributed by atoms with Gasteiger partial charge < -0.3 is 15.5 Å². The molecule has 0 unspecified atom stereocenters. The highest BCUT2D eigenvalue weighted by atomic mass is 16.3. The molecule has 1 aromatic heterocycles. The van der Waals surface area contributed by atoms with Crippen molar-refractivity contribution in [1.29, 1.82) is 0 Å². The van der Waals surface area contributed by atoms with Crippen LogP contribution in [-0.4, -0.2) is 11.8 Å². The summed E-state index contributed by atoms with van der Waals surface area (Å²) in [4.78, 5) is 22.7. The second-order valence-corrected chi connectivity index (χ2v) is 4.18. The van der Waals surface area contributed by atoms with Crippen molar-refractivity contribution in [2.24, 2.45) is 5.73 Å². The predicted octanol–water partition coefficient (Wildman–Crippen LogP) is 1.87. The first kappa shape index (κ1) is 12.9. The van der Waals surface area contributed by atoms with E-state index in [9.17, 15) is 9.59 Å². The molecular formula is C14H14N2O3. The van der Waals surface area contributed by atoms with Crippen LogP contribution in [0.1, 0.15) is 21.7 Å². The Kier molecular flexibility index (Phi) is 3.66. The molecule has 0 atom stereocenters. The van der Waals surface area contributed by atoms with Gasteiger partial charge in [-0.15, -0.1) is 0 Å². The van der Waals surface area contributed by atoms with E-state index < -0.39 is 0 Å². The molecule has 19 heavy (non-hydrogen) atoms. The molecular weight excluding hydrogens is 244 g/mol. The zero-order valence-electron chi connectivity index (χ0n) is 10.5. The Morgan fingerprint density at radius 3 is 2.42 bits per heavy atom. The summed E-state index contributed by atoms with van der Waals surface area (Å²) in [6.07, 6.45) is 1.66. The summed E-state index contributed by atoms with van der Waals surface area (Å²) < 4.78 is 5.07. The summed E-state index contributed by atoms with van der Waals surface area (Å²) in [5.41, 5.74) is 7.07. The van der Waals surface area contributed by atoms with E-state index in [1.54, 1.807) is 37.3 Å². The van der Waals surface area contributed by atoms with Gasteiger partial charge >= 0.3 is 0 Å². The molecule has 5 nitrogen and oxygen atoms in total. The molecule has 0 fully saturated rings. The summed E-state index contributed by atoms with van der Waals surface area (Å²) in [7, 11) is 0. The molecule has 2 amide bonds. The van der Waals surface area contributed by atoms with E-state index in [0.29, 0.717) is 17.0 Å². The van der Waals surface area contributed by atoms with Gasteiger partial charge in [-0.2, -0.15) is 0 Å². The molecule has 0 radical (unpaired) electrons. The van der Waals surface area contributed by atoms with E-state index in [2.05, 4.69) is 5.32 Å². The van der Waals surface area contributed by atoms with Crippen molar-refractivity contribution in [2.75, 3.05) is 5.32 Å². The maximum atomic E-state index is 11.9. The van der Waals surface area contributed by atoms with E-state index >= 15 is 0 Å². The molecule has 5 heteroatoms. The van der Waals surface area contributed by atoms with Gasteiger partial charge in [-0.3, -0.25) is 9.59 Å². The lowest BCUT2D eigenvalue weighted by atomic mass is 10.1. The van der Waals surface area contributed by atoms with Crippen LogP contribution in [0.15, 0.2) is 41.0 Å². The van der Waals surface area contributed by atoms with Crippen molar-refractivity contribution in [3.05, 3.63) is 53.5 Å². The second-order valence-electron chi connectivity index (χ2n) is 4.18. The first-order valence-electron chi connectivity index (χ1n) is 5.79. The summed E-state index contributed by atoms with van der Waals surface area (Å²) in [5, 5.41) is 2.75. The number of aryl methyl sites for hydroxylation is 1. The number of carbonyl (C=O) groups excluding carboxylic acids is 2. The molecule has 0 aliphatic rings. The number of rotatable bonds is 4. The van der Waals surface area contributed by atoms with Gasteiger partial charge in [0.1, 0.15) is 5.76 Å². The summed E-state index contributed by atoms with van der Waals surface area (Å²) in [5.74, 6) is -0.0393.